The summed E-state index contributed by atoms with van der Waals surface area (Å²) in [6.07, 6.45) is 33.4. The van der Waals surface area contributed by atoms with Crippen LogP contribution in [0, 0.1) is 142 Å². The average molecular weight is 1350 g/mol. The van der Waals surface area contributed by atoms with Crippen LogP contribution in [0.1, 0.15) is 320 Å². The average Bonchev–Trinajstić information content (AvgIpc) is 3.13. The molecule has 24 atom stereocenters. The van der Waals surface area contributed by atoms with E-state index in [2.05, 4.69) is 166 Å². The molecule has 0 bridgehead atoms. The van der Waals surface area contributed by atoms with Crippen molar-refractivity contribution in [2.75, 3.05) is 0 Å². The molecule has 24 unspecified atom stereocenters. The summed E-state index contributed by atoms with van der Waals surface area (Å²) in [7, 11) is 0. The number of nitrogens with zero attached hydrogens (tertiary/aromatic N) is 4. The molecular formula is C80H152HfN4. The van der Waals surface area contributed by atoms with Crippen molar-refractivity contribution in [1.82, 2.24) is 0 Å². The Morgan fingerprint density at radius 2 is 0.271 bits per heavy atom. The Bertz CT molecular complexity index is 1370. The largest absolute Gasteiger partial charge is 4.00 e. The number of rotatable bonds is 16. The van der Waals surface area contributed by atoms with E-state index in [1.807, 2.05) is 0 Å². The fraction of sp³-hybridized carbons (Fsp3) is 1.00. The van der Waals surface area contributed by atoms with Crippen LogP contribution in [0.25, 0.3) is 21.3 Å². The van der Waals surface area contributed by atoms with Crippen LogP contribution in [0.15, 0.2) is 0 Å². The maximum atomic E-state index is 5.50. The van der Waals surface area contributed by atoms with Crippen LogP contribution in [0.5, 0.6) is 0 Å². The molecule has 0 amide bonds. The van der Waals surface area contributed by atoms with E-state index in [9.17, 15) is 0 Å². The molecule has 8 fully saturated rings. The van der Waals surface area contributed by atoms with Gasteiger partial charge in [0.2, 0.25) is 0 Å². The minimum atomic E-state index is 0. The first-order chi connectivity index (χ1) is 39.5. The summed E-state index contributed by atoms with van der Waals surface area (Å²) in [5.74, 6) is 20.1. The molecule has 0 heterocycles. The van der Waals surface area contributed by atoms with Gasteiger partial charge in [0, 0.05) is 0 Å². The Kier molecular flexibility index (Phi) is 35.1. The quantitative estimate of drug-likeness (QED) is 0.138. The molecule has 8 saturated carbocycles. The first kappa shape index (κ1) is 78.2. The molecule has 0 radical (unpaired) electrons. The van der Waals surface area contributed by atoms with Crippen LogP contribution in [0.3, 0.4) is 0 Å². The van der Waals surface area contributed by atoms with Crippen molar-refractivity contribution in [1.29, 1.82) is 0 Å². The van der Waals surface area contributed by atoms with E-state index in [1.165, 1.54) is 154 Å². The molecule has 8 aliphatic carbocycles. The van der Waals surface area contributed by atoms with E-state index >= 15 is 0 Å². The zero-order valence-electron chi connectivity index (χ0n) is 61.7. The van der Waals surface area contributed by atoms with Gasteiger partial charge >= 0.3 is 25.8 Å². The second kappa shape index (κ2) is 38.2. The summed E-state index contributed by atoms with van der Waals surface area (Å²) in [4.78, 5) is 0. The van der Waals surface area contributed by atoms with Crippen LogP contribution >= 0.6 is 0 Å². The molecular weight excluding hydrogens is 1200 g/mol. The van der Waals surface area contributed by atoms with Crippen molar-refractivity contribution in [3.05, 3.63) is 21.3 Å². The number of hydrogen-bond donors (Lipinski definition) is 0. The summed E-state index contributed by atoms with van der Waals surface area (Å²) < 4.78 is 0. The first-order valence-electron chi connectivity index (χ1n) is 38.3. The van der Waals surface area contributed by atoms with Crippen molar-refractivity contribution in [2.24, 2.45) is 142 Å². The van der Waals surface area contributed by atoms with Gasteiger partial charge in [0.05, 0.1) is 0 Å². The van der Waals surface area contributed by atoms with E-state index in [0.29, 0.717) is 48.3 Å². The second-order valence-electron chi connectivity index (χ2n) is 35.7. The SMILES string of the molecule is CC1CCC(C(C)C)C([N-]C2CC(C)CCC2C(C)C)C1.CC1CCC(C(C)C)C([N-]C2CC(C)CCC2C(C)C)C1.CC1CCC(C(C)C)C([N-]C2CC(C)CCC2C(C)C)C1.CC1CCC(C(C)C)C([N-]C2CC(C)CCC2C(C)C)C1.[Hf+4]. The molecule has 0 aromatic carbocycles. The normalized spacial score (nSPS) is 41.2. The zero-order chi connectivity index (χ0) is 62.3. The van der Waals surface area contributed by atoms with Crippen molar-refractivity contribution in [3.63, 3.8) is 0 Å². The van der Waals surface area contributed by atoms with Gasteiger partial charge in [-0.25, -0.2) is 0 Å². The van der Waals surface area contributed by atoms with Crippen LogP contribution in [0.2, 0.25) is 0 Å². The second-order valence-corrected chi connectivity index (χ2v) is 35.7. The van der Waals surface area contributed by atoms with Gasteiger partial charge in [-0.15, -0.1) is 48.3 Å². The van der Waals surface area contributed by atoms with Gasteiger partial charge in [-0.3, -0.25) is 0 Å². The molecule has 0 spiro atoms. The van der Waals surface area contributed by atoms with Gasteiger partial charge in [-0.05, 0) is 94.7 Å². The summed E-state index contributed by atoms with van der Waals surface area (Å²) in [6.45, 7) is 58.0. The van der Waals surface area contributed by atoms with E-state index in [0.717, 1.165) is 142 Å². The minimum Gasteiger partial charge on any atom is -0.656 e. The van der Waals surface area contributed by atoms with Crippen molar-refractivity contribution < 1.29 is 25.8 Å². The molecule has 0 N–H and O–H groups in total. The molecule has 8 aliphatic rings. The Morgan fingerprint density at radius 1 is 0.176 bits per heavy atom. The molecule has 0 saturated heterocycles. The number of hydrogen-bond acceptors (Lipinski definition) is 0. The van der Waals surface area contributed by atoms with Crippen molar-refractivity contribution >= 4 is 0 Å². The smallest absolute Gasteiger partial charge is 0.656 e. The summed E-state index contributed by atoms with van der Waals surface area (Å²) in [5, 5.41) is 22.0. The Morgan fingerprint density at radius 3 is 0.353 bits per heavy atom. The van der Waals surface area contributed by atoms with Gasteiger partial charge in [0.1, 0.15) is 0 Å². The summed E-state index contributed by atoms with van der Waals surface area (Å²) in [6, 6.07) is 5.15. The van der Waals surface area contributed by atoms with E-state index in [1.54, 1.807) is 0 Å². The third-order valence-corrected chi connectivity index (χ3v) is 25.4. The fourth-order valence-corrected chi connectivity index (χ4v) is 19.6. The first-order valence-corrected chi connectivity index (χ1v) is 38.3. The fourth-order valence-electron chi connectivity index (χ4n) is 19.6. The maximum Gasteiger partial charge on any atom is 4.00 e. The Hall–Kier alpha value is 0.710. The van der Waals surface area contributed by atoms with Gasteiger partial charge in [-0.2, -0.15) is 0 Å². The van der Waals surface area contributed by atoms with Crippen molar-refractivity contribution in [2.45, 2.75) is 369 Å². The van der Waals surface area contributed by atoms with Gasteiger partial charge in [0.25, 0.3) is 0 Å². The standard InChI is InChI=1S/4C20H38N.Hf/c4*1-13(2)17-9-7-15(5)11-19(17)21-20-12-16(6)8-10-18(20)14(3)4;/h4*13-20H,7-12H2,1-6H3;/q4*-1;+4. The van der Waals surface area contributed by atoms with Gasteiger partial charge in [0.15, 0.2) is 0 Å². The van der Waals surface area contributed by atoms with E-state index in [4.69, 9.17) is 21.3 Å². The molecule has 0 aromatic rings. The summed E-state index contributed by atoms with van der Waals surface area (Å²) in [5.41, 5.74) is 0. The monoisotopic (exact) mass is 1350 g/mol. The summed E-state index contributed by atoms with van der Waals surface area (Å²) >= 11 is 0. The molecule has 0 aromatic heterocycles. The van der Waals surface area contributed by atoms with Crippen molar-refractivity contribution in [3.8, 4) is 0 Å². The Labute approximate surface area is 554 Å². The van der Waals surface area contributed by atoms with Gasteiger partial charge < -0.3 is 21.3 Å². The predicted octanol–water partition coefficient (Wildman–Crippen LogP) is 25.1. The predicted molar refractivity (Wildman–Crippen MR) is 374 cm³/mol. The van der Waals surface area contributed by atoms with Crippen LogP contribution in [0.4, 0.5) is 0 Å². The zero-order valence-corrected chi connectivity index (χ0v) is 65.3. The molecule has 4 nitrogen and oxygen atoms in total. The molecule has 496 valence electrons. The van der Waals surface area contributed by atoms with Crippen LogP contribution in [-0.4, -0.2) is 48.3 Å². The topological polar surface area (TPSA) is 56.4 Å². The molecule has 8 rings (SSSR count). The Balaban J connectivity index is 0.000000242. The van der Waals surface area contributed by atoms with Gasteiger partial charge in [-0.1, -0.05) is 368 Å². The van der Waals surface area contributed by atoms with E-state index < -0.39 is 0 Å². The molecule has 5 heteroatoms. The third-order valence-electron chi connectivity index (χ3n) is 25.4. The van der Waals surface area contributed by atoms with Crippen LogP contribution < -0.4 is 0 Å². The third kappa shape index (κ3) is 24.8. The molecule has 0 aliphatic heterocycles. The van der Waals surface area contributed by atoms with Crippen LogP contribution in [-0.2, 0) is 25.8 Å². The maximum absolute atomic E-state index is 5.50. The van der Waals surface area contributed by atoms with E-state index in [-0.39, 0.29) is 25.8 Å². The minimum absolute atomic E-state index is 0. The molecule has 85 heavy (non-hydrogen) atoms.